The standard InChI is InChI=1S/C21H23N3O3S/c1-5-10-24-14(2)11-18(15(24)3)19(25)13-28-21-23-22-20(27-21)12-16-6-8-17(26-4)9-7-16/h5-9,11H,1,10,12-13H2,2-4H3. The Kier molecular flexibility index (Phi) is 6.36. The van der Waals surface area contributed by atoms with Crippen LogP contribution in [0.3, 0.4) is 0 Å². The number of rotatable bonds is 9. The fourth-order valence-electron chi connectivity index (χ4n) is 2.98. The predicted octanol–water partition coefficient (Wildman–Crippen LogP) is 4.25. The van der Waals surface area contributed by atoms with Crippen molar-refractivity contribution in [2.24, 2.45) is 0 Å². The lowest BCUT2D eigenvalue weighted by molar-refractivity contribution is 0.102. The third-order valence-electron chi connectivity index (χ3n) is 4.48. The number of hydrogen-bond acceptors (Lipinski definition) is 6. The van der Waals surface area contributed by atoms with Gasteiger partial charge in [-0.3, -0.25) is 4.79 Å². The van der Waals surface area contributed by atoms with Crippen molar-refractivity contribution >= 4 is 17.5 Å². The number of carbonyl (C=O) groups excluding carboxylic acids is 1. The molecule has 0 saturated heterocycles. The van der Waals surface area contributed by atoms with E-state index in [0.717, 1.165) is 28.3 Å². The van der Waals surface area contributed by atoms with Crippen LogP contribution in [0.5, 0.6) is 5.75 Å². The molecule has 0 fully saturated rings. The van der Waals surface area contributed by atoms with E-state index in [-0.39, 0.29) is 11.5 Å². The number of methoxy groups -OCH3 is 1. The Balaban J connectivity index is 1.60. The summed E-state index contributed by atoms with van der Waals surface area (Å²) >= 11 is 1.26. The van der Waals surface area contributed by atoms with E-state index in [2.05, 4.69) is 21.3 Å². The monoisotopic (exact) mass is 397 g/mol. The van der Waals surface area contributed by atoms with Crippen LogP contribution < -0.4 is 4.74 Å². The molecule has 0 bridgehead atoms. The van der Waals surface area contributed by atoms with Gasteiger partial charge in [0, 0.05) is 23.5 Å². The fourth-order valence-corrected chi connectivity index (χ4v) is 3.65. The highest BCUT2D eigenvalue weighted by atomic mass is 32.2. The van der Waals surface area contributed by atoms with Gasteiger partial charge >= 0.3 is 0 Å². The molecular formula is C21H23N3O3S. The molecule has 0 unspecified atom stereocenters. The Bertz CT molecular complexity index is 973. The lowest BCUT2D eigenvalue weighted by atomic mass is 10.1. The van der Waals surface area contributed by atoms with E-state index in [9.17, 15) is 4.79 Å². The summed E-state index contributed by atoms with van der Waals surface area (Å²) in [6.45, 7) is 8.40. The van der Waals surface area contributed by atoms with Gasteiger partial charge in [-0.15, -0.1) is 16.8 Å². The number of benzene rings is 1. The van der Waals surface area contributed by atoms with Crippen LogP contribution >= 0.6 is 11.8 Å². The summed E-state index contributed by atoms with van der Waals surface area (Å²) in [5.41, 5.74) is 3.77. The molecule has 0 N–H and O–H groups in total. The number of thioether (sulfide) groups is 1. The van der Waals surface area contributed by atoms with Crippen molar-refractivity contribution in [3.05, 3.63) is 71.4 Å². The van der Waals surface area contributed by atoms with Crippen LogP contribution in [-0.4, -0.2) is 33.4 Å². The Morgan fingerprint density at radius 3 is 2.71 bits per heavy atom. The Morgan fingerprint density at radius 1 is 1.29 bits per heavy atom. The number of hydrogen-bond donors (Lipinski definition) is 0. The van der Waals surface area contributed by atoms with Gasteiger partial charge in [-0.25, -0.2) is 0 Å². The van der Waals surface area contributed by atoms with Crippen molar-refractivity contribution in [1.82, 2.24) is 14.8 Å². The van der Waals surface area contributed by atoms with Crippen molar-refractivity contribution in [3.63, 3.8) is 0 Å². The molecule has 7 heteroatoms. The largest absolute Gasteiger partial charge is 0.497 e. The van der Waals surface area contributed by atoms with Crippen molar-refractivity contribution in [2.45, 2.75) is 32.0 Å². The SMILES string of the molecule is C=CCn1c(C)cc(C(=O)CSc2nnc(Cc3ccc(OC)cc3)o2)c1C. The Hall–Kier alpha value is -2.80. The summed E-state index contributed by atoms with van der Waals surface area (Å²) in [6, 6.07) is 9.62. The lowest BCUT2D eigenvalue weighted by Gasteiger charge is -2.05. The average Bonchev–Trinajstić information content (AvgIpc) is 3.26. The van der Waals surface area contributed by atoms with Crippen molar-refractivity contribution in [1.29, 1.82) is 0 Å². The first-order valence-electron chi connectivity index (χ1n) is 8.90. The van der Waals surface area contributed by atoms with Gasteiger partial charge in [-0.1, -0.05) is 30.0 Å². The minimum absolute atomic E-state index is 0.0447. The highest BCUT2D eigenvalue weighted by Crippen LogP contribution is 2.22. The van der Waals surface area contributed by atoms with Gasteiger partial charge in [0.15, 0.2) is 5.78 Å². The van der Waals surface area contributed by atoms with Gasteiger partial charge in [0.2, 0.25) is 5.89 Å². The van der Waals surface area contributed by atoms with Crippen LogP contribution in [0.25, 0.3) is 0 Å². The second-order valence-electron chi connectivity index (χ2n) is 6.38. The number of allylic oxidation sites excluding steroid dienone is 1. The molecule has 2 aromatic heterocycles. The maximum absolute atomic E-state index is 12.6. The maximum atomic E-state index is 12.6. The molecule has 1 aromatic carbocycles. The molecule has 6 nitrogen and oxygen atoms in total. The molecular weight excluding hydrogens is 374 g/mol. The molecule has 0 spiro atoms. The van der Waals surface area contributed by atoms with Gasteiger partial charge in [0.25, 0.3) is 5.22 Å². The zero-order valence-corrected chi connectivity index (χ0v) is 17.1. The second kappa shape index (κ2) is 8.93. The molecule has 0 aliphatic carbocycles. The van der Waals surface area contributed by atoms with Crippen molar-refractivity contribution < 1.29 is 13.9 Å². The minimum Gasteiger partial charge on any atom is -0.497 e. The molecule has 146 valence electrons. The summed E-state index contributed by atoms with van der Waals surface area (Å²) in [5, 5.41) is 8.51. The summed E-state index contributed by atoms with van der Waals surface area (Å²) in [7, 11) is 1.63. The molecule has 0 aliphatic heterocycles. The molecule has 3 rings (SSSR count). The minimum atomic E-state index is 0.0447. The van der Waals surface area contributed by atoms with Gasteiger partial charge in [0.05, 0.1) is 19.3 Å². The topological polar surface area (TPSA) is 70.2 Å². The molecule has 0 radical (unpaired) electrons. The average molecular weight is 398 g/mol. The number of nitrogens with zero attached hydrogens (tertiary/aromatic N) is 3. The van der Waals surface area contributed by atoms with Crippen LogP contribution in [0.1, 0.15) is 33.2 Å². The van der Waals surface area contributed by atoms with Gasteiger partial charge in [-0.2, -0.15) is 0 Å². The van der Waals surface area contributed by atoms with Gasteiger partial charge < -0.3 is 13.7 Å². The summed E-state index contributed by atoms with van der Waals surface area (Å²) in [5.74, 6) is 1.62. The quantitative estimate of drug-likeness (QED) is 0.305. The second-order valence-corrected chi connectivity index (χ2v) is 7.31. The van der Waals surface area contributed by atoms with Crippen LogP contribution in [0.2, 0.25) is 0 Å². The molecule has 0 aliphatic rings. The molecule has 0 atom stereocenters. The van der Waals surface area contributed by atoms with Crippen LogP contribution in [0.4, 0.5) is 0 Å². The molecule has 3 aromatic rings. The van der Waals surface area contributed by atoms with Crippen LogP contribution in [-0.2, 0) is 13.0 Å². The van der Waals surface area contributed by atoms with E-state index in [1.807, 2.05) is 50.3 Å². The molecule has 2 heterocycles. The highest BCUT2D eigenvalue weighted by Gasteiger charge is 2.17. The van der Waals surface area contributed by atoms with E-state index in [1.54, 1.807) is 7.11 Å². The Labute approximate surface area is 168 Å². The van der Waals surface area contributed by atoms with E-state index in [1.165, 1.54) is 11.8 Å². The first-order chi connectivity index (χ1) is 13.5. The number of aryl methyl sites for hydroxylation is 1. The predicted molar refractivity (Wildman–Crippen MR) is 109 cm³/mol. The zero-order chi connectivity index (χ0) is 20.1. The first-order valence-corrected chi connectivity index (χ1v) is 9.89. The zero-order valence-electron chi connectivity index (χ0n) is 16.3. The summed E-state index contributed by atoms with van der Waals surface area (Å²) in [4.78, 5) is 12.6. The van der Waals surface area contributed by atoms with E-state index >= 15 is 0 Å². The number of carbonyl (C=O) groups is 1. The van der Waals surface area contributed by atoms with E-state index in [4.69, 9.17) is 9.15 Å². The molecule has 0 amide bonds. The lowest BCUT2D eigenvalue weighted by Crippen LogP contribution is -2.06. The number of ether oxygens (including phenoxy) is 1. The molecule has 28 heavy (non-hydrogen) atoms. The normalized spacial score (nSPS) is 10.8. The van der Waals surface area contributed by atoms with Crippen LogP contribution in [0, 0.1) is 13.8 Å². The van der Waals surface area contributed by atoms with Gasteiger partial charge in [-0.05, 0) is 37.6 Å². The third-order valence-corrected chi connectivity index (χ3v) is 5.29. The maximum Gasteiger partial charge on any atom is 0.277 e. The first kappa shape index (κ1) is 19.9. The summed E-state index contributed by atoms with van der Waals surface area (Å²) < 4.78 is 12.9. The van der Waals surface area contributed by atoms with Crippen LogP contribution in [0.15, 0.2) is 52.6 Å². The summed E-state index contributed by atoms with van der Waals surface area (Å²) in [6.07, 6.45) is 2.36. The number of Topliss-reactive ketones (excluding diaryl/α,β-unsaturated/α-hetero) is 1. The smallest absolute Gasteiger partial charge is 0.277 e. The number of aromatic nitrogens is 3. The van der Waals surface area contributed by atoms with E-state index < -0.39 is 0 Å². The molecule has 0 saturated carbocycles. The van der Waals surface area contributed by atoms with E-state index in [0.29, 0.717) is 24.1 Å². The third kappa shape index (κ3) is 4.54. The van der Waals surface area contributed by atoms with Gasteiger partial charge in [0.1, 0.15) is 5.75 Å². The van der Waals surface area contributed by atoms with Crippen molar-refractivity contribution in [3.8, 4) is 5.75 Å². The number of ketones is 1. The van der Waals surface area contributed by atoms with Crippen molar-refractivity contribution in [2.75, 3.05) is 12.9 Å². The Morgan fingerprint density at radius 2 is 2.04 bits per heavy atom. The fraction of sp³-hybridized carbons (Fsp3) is 0.286. The highest BCUT2D eigenvalue weighted by molar-refractivity contribution is 7.99.